The maximum absolute atomic E-state index is 12.2. The molecule has 1 fully saturated rings. The van der Waals surface area contributed by atoms with E-state index < -0.39 is 4.92 Å². The molecule has 0 saturated carbocycles. The van der Waals surface area contributed by atoms with Crippen LogP contribution in [0.5, 0.6) is 0 Å². The lowest BCUT2D eigenvalue weighted by Gasteiger charge is -2.02. The molecule has 0 atom stereocenters. The minimum atomic E-state index is -0.604. The number of hydrogen-bond donors (Lipinski definition) is 1. The number of amidine groups is 1. The van der Waals surface area contributed by atoms with Crippen molar-refractivity contribution in [3.63, 3.8) is 0 Å². The molecule has 3 rings (SSSR count). The van der Waals surface area contributed by atoms with E-state index in [2.05, 4.69) is 10.3 Å². The van der Waals surface area contributed by atoms with E-state index in [1.165, 1.54) is 18.2 Å². The van der Waals surface area contributed by atoms with Crippen LogP contribution in [0.1, 0.15) is 11.1 Å². The lowest BCUT2D eigenvalue weighted by molar-refractivity contribution is -0.384. The SMILES string of the molecule is Cc1ccccc1N=C1NC(=O)/C(=C/c2cc([N+](=O)[O-])c(Cl)cc2Cl)S1. The smallest absolute Gasteiger partial charge is 0.288 e. The third-order valence-corrected chi connectivity index (χ3v) is 5.08. The van der Waals surface area contributed by atoms with Crippen LogP contribution in [0.15, 0.2) is 46.3 Å². The molecule has 1 saturated heterocycles. The minimum absolute atomic E-state index is 0.0625. The zero-order chi connectivity index (χ0) is 18.8. The van der Waals surface area contributed by atoms with Gasteiger partial charge in [-0.15, -0.1) is 0 Å². The number of nitro benzene ring substituents is 1. The molecule has 0 radical (unpaired) electrons. The first-order valence-corrected chi connectivity index (χ1v) is 8.91. The van der Waals surface area contributed by atoms with Crippen molar-refractivity contribution in [1.29, 1.82) is 0 Å². The van der Waals surface area contributed by atoms with E-state index in [1.807, 2.05) is 31.2 Å². The first kappa shape index (κ1) is 18.4. The largest absolute Gasteiger partial charge is 0.300 e. The molecule has 26 heavy (non-hydrogen) atoms. The number of aryl methyl sites for hydroxylation is 1. The highest BCUT2D eigenvalue weighted by Crippen LogP contribution is 2.35. The predicted molar refractivity (Wildman–Crippen MR) is 105 cm³/mol. The van der Waals surface area contributed by atoms with Gasteiger partial charge in [0, 0.05) is 16.7 Å². The van der Waals surface area contributed by atoms with Gasteiger partial charge in [-0.05, 0) is 42.5 Å². The first-order chi connectivity index (χ1) is 12.3. The summed E-state index contributed by atoms with van der Waals surface area (Å²) in [5, 5.41) is 14.3. The number of para-hydroxylation sites is 1. The predicted octanol–water partition coefficient (Wildman–Crippen LogP) is 5.10. The number of benzene rings is 2. The van der Waals surface area contributed by atoms with Crippen molar-refractivity contribution in [2.45, 2.75) is 6.92 Å². The van der Waals surface area contributed by atoms with Crippen LogP contribution in [0.2, 0.25) is 10.0 Å². The molecule has 1 amide bonds. The fraction of sp³-hybridized carbons (Fsp3) is 0.0588. The van der Waals surface area contributed by atoms with E-state index >= 15 is 0 Å². The molecule has 0 spiro atoms. The third kappa shape index (κ3) is 3.90. The van der Waals surface area contributed by atoms with E-state index in [9.17, 15) is 14.9 Å². The zero-order valence-corrected chi connectivity index (χ0v) is 15.7. The van der Waals surface area contributed by atoms with E-state index in [1.54, 1.807) is 0 Å². The van der Waals surface area contributed by atoms with Gasteiger partial charge in [-0.25, -0.2) is 4.99 Å². The molecule has 2 aromatic rings. The number of amides is 1. The zero-order valence-electron chi connectivity index (χ0n) is 13.3. The van der Waals surface area contributed by atoms with Gasteiger partial charge >= 0.3 is 0 Å². The number of nitrogens with zero attached hydrogens (tertiary/aromatic N) is 2. The van der Waals surface area contributed by atoms with Crippen LogP contribution in [0.25, 0.3) is 6.08 Å². The molecule has 6 nitrogen and oxygen atoms in total. The lowest BCUT2D eigenvalue weighted by Crippen LogP contribution is -2.19. The number of nitro groups is 1. The van der Waals surface area contributed by atoms with Crippen molar-refractivity contribution in [1.82, 2.24) is 5.32 Å². The Balaban J connectivity index is 1.94. The molecule has 0 unspecified atom stereocenters. The Hall–Kier alpha value is -2.35. The number of nitrogens with one attached hydrogen (secondary N) is 1. The van der Waals surface area contributed by atoms with Gasteiger partial charge in [-0.2, -0.15) is 0 Å². The number of thioether (sulfide) groups is 1. The molecule has 0 aromatic heterocycles. The van der Waals surface area contributed by atoms with E-state index in [-0.39, 0.29) is 21.6 Å². The van der Waals surface area contributed by atoms with Crippen LogP contribution in [0.4, 0.5) is 11.4 Å². The summed E-state index contributed by atoms with van der Waals surface area (Å²) in [5.41, 5.74) is 1.78. The molecule has 1 N–H and O–H groups in total. The average molecular weight is 408 g/mol. The van der Waals surface area contributed by atoms with Crippen LogP contribution in [0, 0.1) is 17.0 Å². The Morgan fingerprint density at radius 2 is 1.96 bits per heavy atom. The van der Waals surface area contributed by atoms with Gasteiger partial charge in [-0.3, -0.25) is 14.9 Å². The third-order valence-electron chi connectivity index (χ3n) is 3.54. The summed E-state index contributed by atoms with van der Waals surface area (Å²) in [6, 6.07) is 10.0. The number of halogens is 2. The van der Waals surface area contributed by atoms with Crippen LogP contribution >= 0.6 is 35.0 Å². The van der Waals surface area contributed by atoms with Crippen molar-refractivity contribution in [3.8, 4) is 0 Å². The molecule has 1 aliphatic rings. The number of carbonyl (C=O) groups excluding carboxylic acids is 1. The van der Waals surface area contributed by atoms with Crippen molar-refractivity contribution in [2.75, 3.05) is 0 Å². The topological polar surface area (TPSA) is 84.6 Å². The first-order valence-electron chi connectivity index (χ1n) is 7.34. The maximum Gasteiger partial charge on any atom is 0.288 e. The van der Waals surface area contributed by atoms with E-state index in [4.69, 9.17) is 23.2 Å². The van der Waals surface area contributed by atoms with Crippen LogP contribution in [-0.2, 0) is 4.79 Å². The molecule has 132 valence electrons. The average Bonchev–Trinajstić information content (AvgIpc) is 2.91. The Morgan fingerprint density at radius 3 is 2.65 bits per heavy atom. The second-order valence-electron chi connectivity index (χ2n) is 5.35. The number of aliphatic imine (C=N–C) groups is 1. The van der Waals surface area contributed by atoms with Crippen molar-refractivity contribution < 1.29 is 9.72 Å². The number of carbonyl (C=O) groups is 1. The molecular weight excluding hydrogens is 397 g/mol. The summed E-state index contributed by atoms with van der Waals surface area (Å²) in [6.07, 6.45) is 1.48. The Kier molecular flexibility index (Phi) is 5.31. The molecule has 0 aliphatic carbocycles. The molecule has 2 aromatic carbocycles. The maximum atomic E-state index is 12.2. The van der Waals surface area contributed by atoms with E-state index in [0.717, 1.165) is 23.0 Å². The van der Waals surface area contributed by atoms with Gasteiger partial charge < -0.3 is 5.32 Å². The van der Waals surface area contributed by atoms with Crippen molar-refractivity contribution in [3.05, 3.63) is 72.6 Å². The van der Waals surface area contributed by atoms with Crippen LogP contribution in [-0.4, -0.2) is 16.0 Å². The van der Waals surface area contributed by atoms with Gasteiger partial charge in [0.05, 0.1) is 15.5 Å². The summed E-state index contributed by atoms with van der Waals surface area (Å²) < 4.78 is 0. The Morgan fingerprint density at radius 1 is 1.23 bits per heavy atom. The van der Waals surface area contributed by atoms with Crippen LogP contribution < -0.4 is 5.32 Å². The Bertz CT molecular complexity index is 989. The number of hydrogen-bond acceptors (Lipinski definition) is 5. The minimum Gasteiger partial charge on any atom is -0.300 e. The normalized spacial score (nSPS) is 17.0. The molecular formula is C17H11Cl2N3O3S. The van der Waals surface area contributed by atoms with Gasteiger partial charge in [0.2, 0.25) is 0 Å². The number of rotatable bonds is 3. The van der Waals surface area contributed by atoms with Gasteiger partial charge in [0.1, 0.15) is 5.02 Å². The second kappa shape index (κ2) is 7.49. The molecule has 1 heterocycles. The second-order valence-corrected chi connectivity index (χ2v) is 7.20. The Labute approximate surface area is 163 Å². The fourth-order valence-corrected chi connectivity index (χ4v) is 3.56. The summed E-state index contributed by atoms with van der Waals surface area (Å²) in [6.45, 7) is 1.92. The van der Waals surface area contributed by atoms with Crippen molar-refractivity contribution in [2.24, 2.45) is 4.99 Å². The van der Waals surface area contributed by atoms with Gasteiger partial charge in [-0.1, -0.05) is 41.4 Å². The molecule has 0 bridgehead atoms. The highest BCUT2D eigenvalue weighted by atomic mass is 35.5. The summed E-state index contributed by atoms with van der Waals surface area (Å²) in [5.74, 6) is -0.351. The summed E-state index contributed by atoms with van der Waals surface area (Å²) in [7, 11) is 0. The van der Waals surface area contributed by atoms with Crippen LogP contribution in [0.3, 0.4) is 0 Å². The van der Waals surface area contributed by atoms with Gasteiger partial charge in [0.15, 0.2) is 5.17 Å². The van der Waals surface area contributed by atoms with Gasteiger partial charge in [0.25, 0.3) is 11.6 Å². The highest BCUT2D eigenvalue weighted by Gasteiger charge is 2.25. The van der Waals surface area contributed by atoms with E-state index in [0.29, 0.717) is 15.6 Å². The summed E-state index contributed by atoms with van der Waals surface area (Å²) >= 11 is 13.0. The standard InChI is InChI=1S/C17H11Cl2N3O3S/c1-9-4-2-3-5-13(9)20-17-21-16(23)15(26-17)7-10-6-14(22(24)25)12(19)8-11(10)18/h2-8H,1H3,(H,20,21,23)/b15-7-. The lowest BCUT2D eigenvalue weighted by atomic mass is 10.2. The monoisotopic (exact) mass is 407 g/mol. The summed E-state index contributed by atoms with van der Waals surface area (Å²) in [4.78, 5) is 27.4. The molecule has 9 heteroatoms. The highest BCUT2D eigenvalue weighted by molar-refractivity contribution is 8.18. The fourth-order valence-electron chi connectivity index (χ4n) is 2.22. The van der Waals surface area contributed by atoms with Crippen molar-refractivity contribution >= 4 is 63.5 Å². The quantitative estimate of drug-likeness (QED) is 0.435. The molecule has 1 aliphatic heterocycles.